The van der Waals surface area contributed by atoms with Crippen LogP contribution in [0.1, 0.15) is 29.4 Å². The number of nitrogens with one attached hydrogen (secondary N) is 1. The second kappa shape index (κ2) is 5.43. The third-order valence-electron chi connectivity index (χ3n) is 2.99. The molecular weight excluding hydrogens is 306 g/mol. The number of carboxylic acids is 1. The van der Waals surface area contributed by atoms with E-state index in [0.29, 0.717) is 6.54 Å². The quantitative estimate of drug-likeness (QED) is 0.867. The third kappa shape index (κ3) is 3.50. The molecule has 1 fully saturated rings. The summed E-state index contributed by atoms with van der Waals surface area (Å²) in [6.07, 6.45) is 2.09. The largest absolute Gasteiger partial charge is 0.477 e. The SMILES string of the molecule is CC1(CNS(=O)(=O)c2ccc(C(=O)O)s2)CCCS1. The Hall–Kier alpha value is -0.570. The number of carboxylic acid groups (broad SMARTS) is 1. The normalized spacial score (nSPS) is 23.6. The van der Waals surface area contributed by atoms with Crippen molar-refractivity contribution in [3.05, 3.63) is 17.0 Å². The topological polar surface area (TPSA) is 83.5 Å². The van der Waals surface area contributed by atoms with Crippen LogP contribution in [0.5, 0.6) is 0 Å². The van der Waals surface area contributed by atoms with Gasteiger partial charge in [0, 0.05) is 11.3 Å². The van der Waals surface area contributed by atoms with Gasteiger partial charge in [-0.15, -0.1) is 11.3 Å². The summed E-state index contributed by atoms with van der Waals surface area (Å²) in [4.78, 5) is 10.8. The van der Waals surface area contributed by atoms with Crippen LogP contribution < -0.4 is 4.72 Å². The molecule has 19 heavy (non-hydrogen) atoms. The van der Waals surface area contributed by atoms with Gasteiger partial charge < -0.3 is 5.11 Å². The zero-order chi connectivity index (χ0) is 14.1. The highest BCUT2D eigenvalue weighted by molar-refractivity contribution is 8.01. The fourth-order valence-corrected chi connectivity index (χ4v) is 5.57. The van der Waals surface area contributed by atoms with Crippen molar-refractivity contribution in [2.45, 2.75) is 28.7 Å². The summed E-state index contributed by atoms with van der Waals surface area (Å²) in [6, 6.07) is 2.65. The Morgan fingerprint density at radius 1 is 1.53 bits per heavy atom. The number of hydrogen-bond donors (Lipinski definition) is 2. The molecule has 0 saturated carbocycles. The second-order valence-electron chi connectivity index (χ2n) is 4.65. The van der Waals surface area contributed by atoms with Gasteiger partial charge in [0.25, 0.3) is 0 Å². The van der Waals surface area contributed by atoms with Crippen LogP contribution in [0.15, 0.2) is 16.3 Å². The number of sulfonamides is 1. The van der Waals surface area contributed by atoms with E-state index in [2.05, 4.69) is 4.72 Å². The highest BCUT2D eigenvalue weighted by atomic mass is 32.2. The van der Waals surface area contributed by atoms with Crippen molar-refractivity contribution in [1.82, 2.24) is 4.72 Å². The molecule has 1 aliphatic rings. The summed E-state index contributed by atoms with van der Waals surface area (Å²) in [5, 5.41) is 8.80. The van der Waals surface area contributed by atoms with Crippen LogP contribution in [0.2, 0.25) is 0 Å². The lowest BCUT2D eigenvalue weighted by molar-refractivity contribution is 0.0702. The number of rotatable bonds is 5. The van der Waals surface area contributed by atoms with Gasteiger partial charge in [-0.3, -0.25) is 0 Å². The van der Waals surface area contributed by atoms with Crippen LogP contribution in [0, 0.1) is 0 Å². The average molecular weight is 321 g/mol. The standard InChI is InChI=1S/C11H15NO4S3/c1-11(5-2-6-17-11)7-12-19(15,16)9-4-3-8(18-9)10(13)14/h3-4,12H,2,5-7H2,1H3,(H,13,14). The van der Waals surface area contributed by atoms with Gasteiger partial charge in [0.05, 0.1) is 0 Å². The zero-order valence-corrected chi connectivity index (χ0v) is 12.8. The van der Waals surface area contributed by atoms with E-state index >= 15 is 0 Å². The Morgan fingerprint density at radius 2 is 2.26 bits per heavy atom. The van der Waals surface area contributed by atoms with E-state index < -0.39 is 16.0 Å². The van der Waals surface area contributed by atoms with Gasteiger partial charge in [0.1, 0.15) is 9.09 Å². The minimum atomic E-state index is -3.61. The van der Waals surface area contributed by atoms with Crippen molar-refractivity contribution in [3.63, 3.8) is 0 Å². The molecule has 0 bridgehead atoms. The number of thioether (sulfide) groups is 1. The Morgan fingerprint density at radius 3 is 2.79 bits per heavy atom. The van der Waals surface area contributed by atoms with E-state index in [1.807, 2.05) is 6.92 Å². The molecule has 0 aromatic carbocycles. The fraction of sp³-hybridized carbons (Fsp3) is 0.545. The molecule has 0 amide bonds. The van der Waals surface area contributed by atoms with Gasteiger partial charge in [0.2, 0.25) is 10.0 Å². The number of hydrogen-bond acceptors (Lipinski definition) is 5. The lowest BCUT2D eigenvalue weighted by atomic mass is 10.1. The van der Waals surface area contributed by atoms with Crippen molar-refractivity contribution < 1.29 is 18.3 Å². The predicted octanol–water partition coefficient (Wildman–Crippen LogP) is 2.01. The zero-order valence-electron chi connectivity index (χ0n) is 10.4. The number of thiophene rings is 1. The summed E-state index contributed by atoms with van der Waals surface area (Å²) >= 11 is 2.55. The molecule has 5 nitrogen and oxygen atoms in total. The summed E-state index contributed by atoms with van der Waals surface area (Å²) < 4.78 is 26.7. The Labute approximate surface area is 120 Å². The van der Waals surface area contributed by atoms with Crippen LogP contribution >= 0.6 is 23.1 Å². The number of aromatic carboxylic acids is 1. The maximum absolute atomic E-state index is 12.1. The molecule has 1 aromatic rings. The monoisotopic (exact) mass is 321 g/mol. The van der Waals surface area contributed by atoms with Crippen LogP contribution in [0.25, 0.3) is 0 Å². The first kappa shape index (κ1) is 14.8. The first-order chi connectivity index (χ1) is 8.82. The van der Waals surface area contributed by atoms with Gasteiger partial charge in [-0.2, -0.15) is 11.8 Å². The molecule has 1 aliphatic heterocycles. The molecule has 2 rings (SSSR count). The van der Waals surface area contributed by atoms with Crippen molar-refractivity contribution in [2.24, 2.45) is 0 Å². The van der Waals surface area contributed by atoms with Crippen LogP contribution in [0.4, 0.5) is 0 Å². The van der Waals surface area contributed by atoms with Crippen molar-refractivity contribution in [3.8, 4) is 0 Å². The summed E-state index contributed by atoms with van der Waals surface area (Å²) in [5.41, 5.74) is 0. The maximum atomic E-state index is 12.1. The molecule has 106 valence electrons. The number of carbonyl (C=O) groups is 1. The van der Waals surface area contributed by atoms with Gasteiger partial charge in [-0.25, -0.2) is 17.9 Å². The molecule has 0 aliphatic carbocycles. The lowest BCUT2D eigenvalue weighted by Crippen LogP contribution is -2.36. The summed E-state index contributed by atoms with van der Waals surface area (Å²) in [7, 11) is -3.61. The van der Waals surface area contributed by atoms with Crippen molar-refractivity contribution in [2.75, 3.05) is 12.3 Å². The smallest absolute Gasteiger partial charge is 0.345 e. The fourth-order valence-electron chi connectivity index (χ4n) is 1.87. The molecule has 8 heteroatoms. The molecule has 1 unspecified atom stereocenters. The molecule has 1 aromatic heterocycles. The Bertz CT molecular complexity index is 573. The molecule has 2 heterocycles. The van der Waals surface area contributed by atoms with Gasteiger partial charge >= 0.3 is 5.97 Å². The summed E-state index contributed by atoms with van der Waals surface area (Å²) in [5.74, 6) is -0.0508. The Balaban J connectivity index is 2.07. The lowest BCUT2D eigenvalue weighted by Gasteiger charge is -2.22. The minimum Gasteiger partial charge on any atom is -0.477 e. The van der Waals surface area contributed by atoms with E-state index in [9.17, 15) is 13.2 Å². The maximum Gasteiger partial charge on any atom is 0.345 e. The van der Waals surface area contributed by atoms with Crippen molar-refractivity contribution in [1.29, 1.82) is 0 Å². The summed E-state index contributed by atoms with van der Waals surface area (Å²) in [6.45, 7) is 2.42. The van der Waals surface area contributed by atoms with Gasteiger partial charge in [-0.1, -0.05) is 0 Å². The van der Waals surface area contributed by atoms with E-state index in [-0.39, 0.29) is 13.8 Å². The second-order valence-corrected chi connectivity index (χ2v) is 9.41. The van der Waals surface area contributed by atoms with Crippen LogP contribution in [0.3, 0.4) is 0 Å². The van der Waals surface area contributed by atoms with Crippen molar-refractivity contribution >= 4 is 39.1 Å². The molecule has 1 atom stereocenters. The molecule has 2 N–H and O–H groups in total. The Kier molecular flexibility index (Phi) is 4.24. The highest BCUT2D eigenvalue weighted by Gasteiger charge is 2.31. The van der Waals surface area contributed by atoms with E-state index in [1.165, 1.54) is 12.1 Å². The molecule has 0 spiro atoms. The highest BCUT2D eigenvalue weighted by Crippen LogP contribution is 2.37. The van der Waals surface area contributed by atoms with E-state index in [4.69, 9.17) is 5.11 Å². The van der Waals surface area contributed by atoms with Gasteiger partial charge in [-0.05, 0) is 37.7 Å². The molecular formula is C11H15NO4S3. The van der Waals surface area contributed by atoms with Crippen LogP contribution in [-0.4, -0.2) is 36.5 Å². The predicted molar refractivity (Wildman–Crippen MR) is 76.6 cm³/mol. The van der Waals surface area contributed by atoms with Gasteiger partial charge in [0.15, 0.2) is 0 Å². The van der Waals surface area contributed by atoms with E-state index in [0.717, 1.165) is 29.9 Å². The first-order valence-corrected chi connectivity index (χ1v) is 9.08. The molecule has 0 radical (unpaired) electrons. The third-order valence-corrected chi connectivity index (χ3v) is 7.50. The van der Waals surface area contributed by atoms with Crippen LogP contribution in [-0.2, 0) is 10.0 Å². The minimum absolute atomic E-state index is 0.0295. The first-order valence-electron chi connectivity index (χ1n) is 5.79. The molecule has 1 saturated heterocycles. The van der Waals surface area contributed by atoms with E-state index in [1.54, 1.807) is 11.8 Å². The average Bonchev–Trinajstić information content (AvgIpc) is 2.96.